The van der Waals surface area contributed by atoms with Gasteiger partial charge in [0.2, 0.25) is 0 Å². The van der Waals surface area contributed by atoms with E-state index < -0.39 is 0 Å². The summed E-state index contributed by atoms with van der Waals surface area (Å²) in [6, 6.07) is 0. The SMILES string of the molecule is CCCCN(C)CC(CC)(CC)CBr. The van der Waals surface area contributed by atoms with Gasteiger partial charge in [0.1, 0.15) is 0 Å². The van der Waals surface area contributed by atoms with Crippen molar-refractivity contribution in [1.29, 1.82) is 0 Å². The minimum absolute atomic E-state index is 0.489. The van der Waals surface area contributed by atoms with Gasteiger partial charge in [0, 0.05) is 11.9 Å². The number of alkyl halides is 1. The zero-order valence-corrected chi connectivity index (χ0v) is 11.9. The first kappa shape index (κ1) is 14.4. The second-order valence-electron chi connectivity index (χ2n) is 4.43. The van der Waals surface area contributed by atoms with Gasteiger partial charge in [0.25, 0.3) is 0 Å². The lowest BCUT2D eigenvalue weighted by molar-refractivity contribution is 0.184. The molecule has 0 atom stereocenters. The third kappa shape index (κ3) is 4.79. The maximum Gasteiger partial charge on any atom is 0.01000 e. The van der Waals surface area contributed by atoms with Crippen LogP contribution in [0.2, 0.25) is 0 Å². The smallest absolute Gasteiger partial charge is 0.01000 e. The monoisotopic (exact) mass is 263 g/mol. The van der Waals surface area contributed by atoms with Gasteiger partial charge in [0.15, 0.2) is 0 Å². The van der Waals surface area contributed by atoms with Crippen molar-refractivity contribution >= 4 is 15.9 Å². The van der Waals surface area contributed by atoms with Gasteiger partial charge in [0.05, 0.1) is 0 Å². The fraction of sp³-hybridized carbons (Fsp3) is 1.00. The Morgan fingerprint density at radius 2 is 1.71 bits per heavy atom. The van der Waals surface area contributed by atoms with E-state index in [1.165, 1.54) is 38.8 Å². The highest BCUT2D eigenvalue weighted by molar-refractivity contribution is 9.09. The molecule has 0 spiro atoms. The first-order chi connectivity index (χ1) is 6.64. The fourth-order valence-corrected chi connectivity index (χ4v) is 2.75. The second-order valence-corrected chi connectivity index (χ2v) is 4.99. The molecule has 0 bridgehead atoms. The van der Waals surface area contributed by atoms with Crippen LogP contribution in [-0.4, -0.2) is 30.4 Å². The van der Waals surface area contributed by atoms with Gasteiger partial charge in [-0.25, -0.2) is 0 Å². The molecule has 0 aromatic rings. The molecule has 0 saturated heterocycles. The van der Waals surface area contributed by atoms with Crippen LogP contribution < -0.4 is 0 Å². The van der Waals surface area contributed by atoms with E-state index in [0.717, 1.165) is 5.33 Å². The number of rotatable bonds is 8. The number of halogens is 1. The number of nitrogens with zero attached hydrogens (tertiary/aromatic N) is 1. The molecule has 0 aromatic carbocycles. The molecule has 14 heavy (non-hydrogen) atoms. The molecule has 0 fully saturated rings. The largest absolute Gasteiger partial charge is 0.306 e. The van der Waals surface area contributed by atoms with E-state index in [1.54, 1.807) is 0 Å². The summed E-state index contributed by atoms with van der Waals surface area (Å²) >= 11 is 3.66. The molecule has 0 rings (SSSR count). The van der Waals surface area contributed by atoms with Crippen molar-refractivity contribution < 1.29 is 0 Å². The third-order valence-electron chi connectivity index (χ3n) is 3.28. The molecule has 0 amide bonds. The summed E-state index contributed by atoms with van der Waals surface area (Å²) in [6.07, 6.45) is 5.16. The summed E-state index contributed by atoms with van der Waals surface area (Å²) < 4.78 is 0. The van der Waals surface area contributed by atoms with E-state index >= 15 is 0 Å². The molecule has 0 heterocycles. The lowest BCUT2D eigenvalue weighted by Gasteiger charge is -2.34. The standard InChI is InChI=1S/C12H26BrN/c1-5-8-9-14(4)11-12(6-2,7-3)10-13/h5-11H2,1-4H3. The molecule has 0 saturated carbocycles. The molecular weight excluding hydrogens is 238 g/mol. The van der Waals surface area contributed by atoms with Crippen LogP contribution in [0.5, 0.6) is 0 Å². The number of unbranched alkanes of at least 4 members (excludes halogenated alkanes) is 1. The predicted molar refractivity (Wildman–Crippen MR) is 69.2 cm³/mol. The van der Waals surface area contributed by atoms with E-state index in [4.69, 9.17) is 0 Å². The Bertz CT molecular complexity index is 124. The summed E-state index contributed by atoms with van der Waals surface area (Å²) in [6.45, 7) is 9.33. The van der Waals surface area contributed by atoms with Crippen molar-refractivity contribution in [2.75, 3.05) is 25.5 Å². The molecule has 0 aromatic heterocycles. The molecule has 0 N–H and O–H groups in total. The Morgan fingerprint density at radius 3 is 2.07 bits per heavy atom. The first-order valence-electron chi connectivity index (χ1n) is 5.88. The molecule has 86 valence electrons. The summed E-state index contributed by atoms with van der Waals surface area (Å²) in [5.74, 6) is 0. The van der Waals surface area contributed by atoms with Crippen LogP contribution in [0.25, 0.3) is 0 Å². The molecule has 0 aliphatic heterocycles. The van der Waals surface area contributed by atoms with Crippen molar-refractivity contribution in [3.63, 3.8) is 0 Å². The predicted octanol–water partition coefficient (Wildman–Crippen LogP) is 3.92. The average molecular weight is 264 g/mol. The van der Waals surface area contributed by atoms with Crippen molar-refractivity contribution in [1.82, 2.24) is 4.90 Å². The van der Waals surface area contributed by atoms with Crippen molar-refractivity contribution in [3.8, 4) is 0 Å². The molecular formula is C12H26BrN. The third-order valence-corrected chi connectivity index (χ3v) is 4.47. The van der Waals surface area contributed by atoms with Crippen LogP contribution in [0, 0.1) is 5.41 Å². The van der Waals surface area contributed by atoms with Gasteiger partial charge < -0.3 is 4.90 Å². The number of hydrogen-bond acceptors (Lipinski definition) is 1. The van der Waals surface area contributed by atoms with Gasteiger partial charge in [-0.15, -0.1) is 0 Å². The van der Waals surface area contributed by atoms with Gasteiger partial charge in [-0.1, -0.05) is 43.1 Å². The summed E-state index contributed by atoms with van der Waals surface area (Å²) in [5, 5.41) is 1.13. The topological polar surface area (TPSA) is 3.24 Å². The Morgan fingerprint density at radius 1 is 1.14 bits per heavy atom. The van der Waals surface area contributed by atoms with Crippen molar-refractivity contribution in [3.05, 3.63) is 0 Å². The van der Waals surface area contributed by atoms with Gasteiger partial charge in [-0.05, 0) is 38.3 Å². The molecule has 0 aliphatic rings. The zero-order valence-electron chi connectivity index (χ0n) is 10.3. The molecule has 0 aliphatic carbocycles. The van der Waals surface area contributed by atoms with E-state index in [-0.39, 0.29) is 0 Å². The Labute approximate surface area is 98.4 Å². The minimum Gasteiger partial charge on any atom is -0.306 e. The molecule has 2 heteroatoms. The van der Waals surface area contributed by atoms with Crippen LogP contribution in [0.4, 0.5) is 0 Å². The second kappa shape index (κ2) is 7.70. The lowest BCUT2D eigenvalue weighted by atomic mass is 9.84. The highest BCUT2D eigenvalue weighted by Gasteiger charge is 2.25. The van der Waals surface area contributed by atoms with Crippen molar-refractivity contribution in [2.45, 2.75) is 46.5 Å². The first-order valence-corrected chi connectivity index (χ1v) is 7.00. The van der Waals surface area contributed by atoms with Crippen LogP contribution in [0.15, 0.2) is 0 Å². The zero-order chi connectivity index (χ0) is 11.0. The summed E-state index contributed by atoms with van der Waals surface area (Å²) in [4.78, 5) is 2.48. The van der Waals surface area contributed by atoms with E-state index in [0.29, 0.717) is 5.41 Å². The molecule has 0 unspecified atom stereocenters. The Kier molecular flexibility index (Phi) is 7.94. The Balaban J connectivity index is 4.01. The van der Waals surface area contributed by atoms with Crippen LogP contribution in [0.3, 0.4) is 0 Å². The average Bonchev–Trinajstić information content (AvgIpc) is 2.23. The normalized spacial score (nSPS) is 12.4. The van der Waals surface area contributed by atoms with Gasteiger partial charge >= 0.3 is 0 Å². The molecule has 1 nitrogen and oxygen atoms in total. The molecule has 0 radical (unpaired) electrons. The summed E-state index contributed by atoms with van der Waals surface area (Å²) in [7, 11) is 2.25. The van der Waals surface area contributed by atoms with Crippen LogP contribution in [-0.2, 0) is 0 Å². The van der Waals surface area contributed by atoms with Crippen molar-refractivity contribution in [2.24, 2.45) is 5.41 Å². The van der Waals surface area contributed by atoms with Crippen LogP contribution in [0.1, 0.15) is 46.5 Å². The van der Waals surface area contributed by atoms with Gasteiger partial charge in [-0.2, -0.15) is 0 Å². The number of hydrogen-bond donors (Lipinski definition) is 0. The summed E-state index contributed by atoms with van der Waals surface area (Å²) in [5.41, 5.74) is 0.489. The van der Waals surface area contributed by atoms with E-state index in [9.17, 15) is 0 Å². The maximum atomic E-state index is 3.66. The van der Waals surface area contributed by atoms with Gasteiger partial charge in [-0.3, -0.25) is 0 Å². The minimum atomic E-state index is 0.489. The Hall–Kier alpha value is 0.440. The van der Waals surface area contributed by atoms with E-state index in [2.05, 4.69) is 48.6 Å². The lowest BCUT2D eigenvalue weighted by Crippen LogP contribution is -2.36. The quantitative estimate of drug-likeness (QED) is 0.601. The highest BCUT2D eigenvalue weighted by atomic mass is 79.9. The fourth-order valence-electron chi connectivity index (χ4n) is 1.78. The highest BCUT2D eigenvalue weighted by Crippen LogP contribution is 2.29. The van der Waals surface area contributed by atoms with E-state index in [1.807, 2.05) is 0 Å². The maximum absolute atomic E-state index is 3.66. The van der Waals surface area contributed by atoms with Crippen LogP contribution >= 0.6 is 15.9 Å².